The Labute approximate surface area is 124 Å². The van der Waals surface area contributed by atoms with Crippen LogP contribution in [0.4, 0.5) is 0 Å². The molecule has 0 unspecified atom stereocenters. The molecule has 3 N–H and O–H groups in total. The molecule has 3 nitrogen and oxygen atoms in total. The van der Waals surface area contributed by atoms with E-state index in [2.05, 4.69) is 32.7 Å². The second kappa shape index (κ2) is 5.58. The monoisotopic (exact) mass is 282 g/mol. The molecule has 0 amide bonds. The van der Waals surface area contributed by atoms with Gasteiger partial charge in [0, 0.05) is 25.0 Å². The summed E-state index contributed by atoms with van der Waals surface area (Å²) in [5, 5.41) is 11.2. The standard InChI is InChI=1S/C17H34N2O/c1-15(2,3)14-5-7-16(13-18,8-6-14)17(20)9-11-19(4)12-10-17/h14,20H,5-13,18H2,1-4H3. The smallest absolute Gasteiger partial charge is 0.0740 e. The van der Waals surface area contributed by atoms with Crippen molar-refractivity contribution >= 4 is 0 Å². The molecule has 1 aliphatic carbocycles. The van der Waals surface area contributed by atoms with Gasteiger partial charge in [0.15, 0.2) is 0 Å². The zero-order valence-corrected chi connectivity index (χ0v) is 13.9. The number of hydrogen-bond acceptors (Lipinski definition) is 3. The van der Waals surface area contributed by atoms with Gasteiger partial charge in [-0.05, 0) is 56.9 Å². The topological polar surface area (TPSA) is 49.5 Å². The summed E-state index contributed by atoms with van der Waals surface area (Å²) in [6.45, 7) is 9.68. The fourth-order valence-electron chi connectivity index (χ4n) is 4.41. The van der Waals surface area contributed by atoms with Crippen LogP contribution in [0.1, 0.15) is 59.3 Å². The molecule has 0 spiro atoms. The van der Waals surface area contributed by atoms with Gasteiger partial charge in [0.2, 0.25) is 0 Å². The highest BCUT2D eigenvalue weighted by Gasteiger charge is 2.52. The van der Waals surface area contributed by atoms with Crippen molar-refractivity contribution in [1.82, 2.24) is 4.90 Å². The SMILES string of the molecule is CN1CCC(O)(C2(CN)CCC(C(C)(C)C)CC2)CC1. The summed E-state index contributed by atoms with van der Waals surface area (Å²) in [6.07, 6.45) is 6.43. The van der Waals surface area contributed by atoms with Crippen molar-refractivity contribution in [2.24, 2.45) is 22.5 Å². The maximum absolute atomic E-state index is 11.2. The molecule has 1 aliphatic heterocycles. The van der Waals surface area contributed by atoms with Crippen LogP contribution in [0.15, 0.2) is 0 Å². The molecule has 118 valence electrons. The first-order chi connectivity index (χ1) is 9.22. The van der Waals surface area contributed by atoms with Crippen LogP contribution in [0.3, 0.4) is 0 Å². The molecule has 0 radical (unpaired) electrons. The average Bonchev–Trinajstić information content (AvgIpc) is 2.41. The first kappa shape index (κ1) is 16.3. The van der Waals surface area contributed by atoms with Gasteiger partial charge in [-0.15, -0.1) is 0 Å². The van der Waals surface area contributed by atoms with Crippen LogP contribution in [0, 0.1) is 16.7 Å². The summed E-state index contributed by atoms with van der Waals surface area (Å²) in [6, 6.07) is 0. The Morgan fingerprint density at radius 1 is 1.10 bits per heavy atom. The number of nitrogens with two attached hydrogens (primary N) is 1. The van der Waals surface area contributed by atoms with Crippen LogP contribution < -0.4 is 5.73 Å². The van der Waals surface area contributed by atoms with Gasteiger partial charge < -0.3 is 15.7 Å². The van der Waals surface area contributed by atoms with Crippen LogP contribution in [0.5, 0.6) is 0 Å². The first-order valence-electron chi connectivity index (χ1n) is 8.33. The van der Waals surface area contributed by atoms with Crippen molar-refractivity contribution < 1.29 is 5.11 Å². The molecule has 1 heterocycles. The van der Waals surface area contributed by atoms with Gasteiger partial charge in [0.05, 0.1) is 5.60 Å². The minimum Gasteiger partial charge on any atom is -0.389 e. The van der Waals surface area contributed by atoms with Crippen LogP contribution in [-0.2, 0) is 0 Å². The first-order valence-corrected chi connectivity index (χ1v) is 8.33. The van der Waals surface area contributed by atoms with Gasteiger partial charge in [0.25, 0.3) is 0 Å². The number of aliphatic hydroxyl groups is 1. The van der Waals surface area contributed by atoms with E-state index in [0.717, 1.165) is 44.7 Å². The molecule has 2 aliphatic rings. The highest BCUT2D eigenvalue weighted by atomic mass is 16.3. The van der Waals surface area contributed by atoms with Crippen molar-refractivity contribution in [3.8, 4) is 0 Å². The Balaban J connectivity index is 2.08. The number of rotatable bonds is 2. The van der Waals surface area contributed by atoms with Crippen molar-refractivity contribution in [2.45, 2.75) is 64.9 Å². The Morgan fingerprint density at radius 2 is 1.60 bits per heavy atom. The fraction of sp³-hybridized carbons (Fsp3) is 1.00. The Hall–Kier alpha value is -0.120. The van der Waals surface area contributed by atoms with E-state index in [4.69, 9.17) is 5.73 Å². The molecule has 0 bridgehead atoms. The minimum absolute atomic E-state index is 0.0317. The maximum Gasteiger partial charge on any atom is 0.0740 e. The number of nitrogens with zero attached hydrogens (tertiary/aromatic N) is 1. The molecule has 3 heteroatoms. The van der Waals surface area contributed by atoms with Crippen molar-refractivity contribution in [3.05, 3.63) is 0 Å². The molecular formula is C17H34N2O. The lowest BCUT2D eigenvalue weighted by Crippen LogP contribution is -2.59. The van der Waals surface area contributed by atoms with Gasteiger partial charge in [-0.25, -0.2) is 0 Å². The lowest BCUT2D eigenvalue weighted by molar-refractivity contribution is -0.138. The van der Waals surface area contributed by atoms with Crippen molar-refractivity contribution in [3.63, 3.8) is 0 Å². The Kier molecular flexibility index (Phi) is 4.54. The van der Waals surface area contributed by atoms with Gasteiger partial charge in [-0.1, -0.05) is 20.8 Å². The summed E-state index contributed by atoms with van der Waals surface area (Å²) >= 11 is 0. The van der Waals surface area contributed by atoms with Crippen LogP contribution in [0.25, 0.3) is 0 Å². The molecule has 2 rings (SSSR count). The molecule has 1 saturated carbocycles. The number of piperidine rings is 1. The van der Waals surface area contributed by atoms with Gasteiger partial charge in [0.1, 0.15) is 0 Å². The third-order valence-electron chi connectivity index (χ3n) is 6.36. The van der Waals surface area contributed by atoms with E-state index < -0.39 is 5.60 Å². The second-order valence-electron chi connectivity index (χ2n) is 8.46. The normalized spacial score (nSPS) is 36.0. The Bertz CT molecular complexity index is 318. The third kappa shape index (κ3) is 2.90. The summed E-state index contributed by atoms with van der Waals surface area (Å²) in [7, 11) is 2.14. The highest BCUT2D eigenvalue weighted by Crippen LogP contribution is 2.52. The summed E-state index contributed by atoms with van der Waals surface area (Å²) in [4.78, 5) is 2.32. The Morgan fingerprint density at radius 3 is 2.00 bits per heavy atom. The van der Waals surface area contributed by atoms with Crippen molar-refractivity contribution in [1.29, 1.82) is 0 Å². The lowest BCUT2D eigenvalue weighted by atomic mass is 9.56. The van der Waals surface area contributed by atoms with E-state index in [1.165, 1.54) is 12.8 Å². The molecule has 20 heavy (non-hydrogen) atoms. The predicted octanol–water partition coefficient (Wildman–Crippen LogP) is 2.62. The third-order valence-corrected chi connectivity index (χ3v) is 6.36. The quantitative estimate of drug-likeness (QED) is 0.818. The second-order valence-corrected chi connectivity index (χ2v) is 8.46. The number of likely N-dealkylation sites (tertiary alicyclic amines) is 1. The van der Waals surface area contributed by atoms with Crippen LogP contribution in [0.2, 0.25) is 0 Å². The number of hydrogen-bond donors (Lipinski definition) is 2. The molecule has 1 saturated heterocycles. The minimum atomic E-state index is -0.531. The van der Waals surface area contributed by atoms with Crippen LogP contribution in [-0.4, -0.2) is 42.3 Å². The van der Waals surface area contributed by atoms with Gasteiger partial charge >= 0.3 is 0 Å². The van der Waals surface area contributed by atoms with Gasteiger partial charge in [-0.2, -0.15) is 0 Å². The van der Waals surface area contributed by atoms with E-state index in [0.29, 0.717) is 12.0 Å². The van der Waals surface area contributed by atoms with Crippen LogP contribution >= 0.6 is 0 Å². The van der Waals surface area contributed by atoms with E-state index in [1.807, 2.05) is 0 Å². The largest absolute Gasteiger partial charge is 0.389 e. The average molecular weight is 282 g/mol. The summed E-state index contributed by atoms with van der Waals surface area (Å²) in [5.41, 5.74) is 5.99. The van der Waals surface area contributed by atoms with E-state index in [-0.39, 0.29) is 5.41 Å². The van der Waals surface area contributed by atoms with E-state index >= 15 is 0 Å². The van der Waals surface area contributed by atoms with Gasteiger partial charge in [-0.3, -0.25) is 0 Å². The summed E-state index contributed by atoms with van der Waals surface area (Å²) in [5.74, 6) is 0.775. The predicted molar refractivity (Wildman–Crippen MR) is 84.6 cm³/mol. The molecule has 0 atom stereocenters. The highest BCUT2D eigenvalue weighted by molar-refractivity contribution is 5.04. The zero-order chi connectivity index (χ0) is 15.0. The molecule has 0 aromatic heterocycles. The van der Waals surface area contributed by atoms with Crippen molar-refractivity contribution in [2.75, 3.05) is 26.7 Å². The maximum atomic E-state index is 11.2. The van der Waals surface area contributed by atoms with E-state index in [9.17, 15) is 5.11 Å². The fourth-order valence-corrected chi connectivity index (χ4v) is 4.41. The molecule has 0 aromatic rings. The molecule has 2 fully saturated rings. The molecular weight excluding hydrogens is 248 g/mol. The lowest BCUT2D eigenvalue weighted by Gasteiger charge is -2.54. The summed E-state index contributed by atoms with van der Waals surface area (Å²) < 4.78 is 0. The van der Waals surface area contributed by atoms with E-state index in [1.54, 1.807) is 0 Å². The molecule has 0 aromatic carbocycles. The zero-order valence-electron chi connectivity index (χ0n) is 13.9.